The molecule has 1 aliphatic rings. The van der Waals surface area contributed by atoms with Gasteiger partial charge in [0.1, 0.15) is 15.8 Å². The number of amides is 1. The molecule has 0 aromatic carbocycles. The van der Waals surface area contributed by atoms with Crippen LogP contribution in [0.3, 0.4) is 0 Å². The lowest BCUT2D eigenvalue weighted by atomic mass is 10.2. The van der Waals surface area contributed by atoms with E-state index < -0.39 is 5.97 Å². The molecule has 1 N–H and O–H groups in total. The molecule has 0 atom stereocenters. The molecule has 0 aliphatic carbocycles. The topological polar surface area (TPSA) is 70.8 Å². The highest BCUT2D eigenvalue weighted by atomic mass is 32.2. The minimum Gasteiger partial charge on any atom is -0.481 e. The Balaban J connectivity index is 2.08. The molecule has 0 radical (unpaired) electrons. The first kappa shape index (κ1) is 15.8. The zero-order valence-corrected chi connectivity index (χ0v) is 13.3. The van der Waals surface area contributed by atoms with Crippen molar-refractivity contribution in [2.45, 2.75) is 26.7 Å². The first-order valence-electron chi connectivity index (χ1n) is 6.42. The Morgan fingerprint density at radius 2 is 2.24 bits per heavy atom. The normalized spacial score (nSPS) is 17.0. The number of thioether (sulfide) groups is 1. The Labute approximate surface area is 132 Å². The molecule has 5 nitrogen and oxygen atoms in total. The minimum atomic E-state index is -0.877. The van der Waals surface area contributed by atoms with Crippen molar-refractivity contribution in [3.05, 3.63) is 28.1 Å². The van der Waals surface area contributed by atoms with Crippen molar-refractivity contribution in [3.8, 4) is 0 Å². The van der Waals surface area contributed by atoms with Gasteiger partial charge in [0.2, 0.25) is 0 Å². The Hall–Kier alpha value is -1.60. The second-order valence-corrected chi connectivity index (χ2v) is 6.39. The average Bonchev–Trinajstić information content (AvgIpc) is 2.83. The lowest BCUT2D eigenvalue weighted by Gasteiger charge is -2.13. The first-order chi connectivity index (χ1) is 9.88. The van der Waals surface area contributed by atoms with Gasteiger partial charge in [-0.25, -0.2) is 0 Å². The van der Waals surface area contributed by atoms with E-state index in [0.29, 0.717) is 28.0 Å². The van der Waals surface area contributed by atoms with E-state index >= 15 is 0 Å². The van der Waals surface area contributed by atoms with Crippen LogP contribution in [0.2, 0.25) is 0 Å². The van der Waals surface area contributed by atoms with Crippen LogP contribution in [0.25, 0.3) is 6.08 Å². The monoisotopic (exact) mass is 325 g/mol. The summed E-state index contributed by atoms with van der Waals surface area (Å²) in [7, 11) is 0. The molecule has 21 heavy (non-hydrogen) atoms. The number of thiocarbonyl (C=S) groups is 1. The van der Waals surface area contributed by atoms with Gasteiger partial charge < -0.3 is 9.52 Å². The zero-order valence-electron chi connectivity index (χ0n) is 11.7. The molecule has 1 saturated heterocycles. The van der Waals surface area contributed by atoms with Crippen LogP contribution >= 0.6 is 24.0 Å². The third kappa shape index (κ3) is 3.74. The van der Waals surface area contributed by atoms with Crippen LogP contribution in [0.5, 0.6) is 0 Å². The van der Waals surface area contributed by atoms with Crippen LogP contribution in [-0.2, 0) is 9.59 Å². The highest BCUT2D eigenvalue weighted by Gasteiger charge is 2.31. The number of nitrogens with zero attached hydrogens (tertiary/aromatic N) is 1. The number of carboxylic acids is 1. The maximum Gasteiger partial charge on any atom is 0.303 e. The van der Waals surface area contributed by atoms with Crippen LogP contribution in [0.1, 0.15) is 29.9 Å². The number of carbonyl (C=O) groups excluding carboxylic acids is 1. The van der Waals surface area contributed by atoms with E-state index in [1.54, 1.807) is 6.08 Å². The molecule has 7 heteroatoms. The van der Waals surface area contributed by atoms with Crippen LogP contribution < -0.4 is 0 Å². The van der Waals surface area contributed by atoms with Gasteiger partial charge in [0.25, 0.3) is 5.91 Å². The summed E-state index contributed by atoms with van der Waals surface area (Å²) in [6.45, 7) is 4.13. The third-order valence-electron chi connectivity index (χ3n) is 3.10. The van der Waals surface area contributed by atoms with Crippen molar-refractivity contribution < 1.29 is 19.1 Å². The van der Waals surface area contributed by atoms with Crippen molar-refractivity contribution in [2.24, 2.45) is 0 Å². The molecule has 0 spiro atoms. The van der Waals surface area contributed by atoms with Crippen molar-refractivity contribution in [1.29, 1.82) is 0 Å². The maximum absolute atomic E-state index is 12.2. The van der Waals surface area contributed by atoms with Crippen LogP contribution in [0.4, 0.5) is 0 Å². The van der Waals surface area contributed by atoms with Crippen molar-refractivity contribution in [3.63, 3.8) is 0 Å². The summed E-state index contributed by atoms with van der Waals surface area (Å²) in [5.74, 6) is 0.369. The molecule has 1 aromatic heterocycles. The fourth-order valence-corrected chi connectivity index (χ4v) is 3.17. The summed E-state index contributed by atoms with van der Waals surface area (Å²) < 4.78 is 5.98. The molecule has 2 heterocycles. The van der Waals surface area contributed by atoms with Crippen molar-refractivity contribution >= 4 is 46.3 Å². The van der Waals surface area contributed by atoms with E-state index in [2.05, 4.69) is 0 Å². The smallest absolute Gasteiger partial charge is 0.303 e. The summed E-state index contributed by atoms with van der Waals surface area (Å²) in [6.07, 6.45) is 2.08. The van der Waals surface area contributed by atoms with Crippen molar-refractivity contribution in [1.82, 2.24) is 4.90 Å². The van der Waals surface area contributed by atoms with Crippen molar-refractivity contribution in [2.75, 3.05) is 6.54 Å². The first-order valence-corrected chi connectivity index (χ1v) is 7.65. The van der Waals surface area contributed by atoms with E-state index in [1.165, 1.54) is 16.7 Å². The lowest BCUT2D eigenvalue weighted by molar-refractivity contribution is -0.137. The molecule has 0 bridgehead atoms. The van der Waals surface area contributed by atoms with E-state index in [1.807, 2.05) is 19.9 Å². The summed E-state index contributed by atoms with van der Waals surface area (Å²) >= 11 is 6.38. The van der Waals surface area contributed by atoms with Crippen LogP contribution in [0.15, 0.2) is 15.4 Å². The molecule has 112 valence electrons. The molecule has 0 unspecified atom stereocenters. The van der Waals surface area contributed by atoms with Gasteiger partial charge in [-0.15, -0.1) is 0 Å². The van der Waals surface area contributed by atoms with E-state index in [4.69, 9.17) is 21.7 Å². The predicted molar refractivity (Wildman–Crippen MR) is 84.9 cm³/mol. The molecular weight excluding hydrogens is 310 g/mol. The molecule has 1 fully saturated rings. The number of carboxylic acid groups (broad SMARTS) is 1. The number of aliphatic carboxylic acids is 1. The predicted octanol–water partition coefficient (Wildman–Crippen LogP) is 2.96. The van der Waals surface area contributed by atoms with Gasteiger partial charge >= 0.3 is 5.97 Å². The largest absolute Gasteiger partial charge is 0.481 e. The minimum absolute atomic E-state index is 0.0205. The summed E-state index contributed by atoms with van der Waals surface area (Å²) in [4.78, 5) is 24.7. The summed E-state index contributed by atoms with van der Waals surface area (Å²) in [5.41, 5.74) is 1.03. The van der Waals surface area contributed by atoms with E-state index in [9.17, 15) is 9.59 Å². The Morgan fingerprint density at radius 1 is 1.52 bits per heavy atom. The molecule has 1 aliphatic heterocycles. The van der Waals surface area contributed by atoms with Gasteiger partial charge in [0.15, 0.2) is 0 Å². The lowest BCUT2D eigenvalue weighted by Crippen LogP contribution is -2.29. The van der Waals surface area contributed by atoms with Gasteiger partial charge in [-0.1, -0.05) is 24.0 Å². The van der Waals surface area contributed by atoms with Gasteiger partial charge in [-0.2, -0.15) is 0 Å². The highest BCUT2D eigenvalue weighted by Crippen LogP contribution is 2.33. The standard InChI is InChI=1S/C14H15NO4S2/c1-8-6-10(19-9(8)2)7-11-13(18)15(14(20)21-11)5-3-4-12(16)17/h6-7H,3-5H2,1-2H3,(H,16,17)/b11-7-. The molecule has 0 saturated carbocycles. The van der Waals surface area contributed by atoms with Crippen LogP contribution in [0, 0.1) is 13.8 Å². The van der Waals surface area contributed by atoms with Gasteiger partial charge in [-0.05, 0) is 31.9 Å². The molecular formula is C14H15NO4S2. The Kier molecular flexibility index (Phi) is 4.84. The number of carbonyl (C=O) groups is 2. The second kappa shape index (κ2) is 6.44. The quantitative estimate of drug-likeness (QED) is 0.663. The van der Waals surface area contributed by atoms with Gasteiger partial charge in [0, 0.05) is 19.0 Å². The SMILES string of the molecule is Cc1cc(/C=C2\SC(=S)N(CCCC(=O)O)C2=O)oc1C. The Morgan fingerprint density at radius 3 is 2.81 bits per heavy atom. The highest BCUT2D eigenvalue weighted by molar-refractivity contribution is 8.26. The van der Waals surface area contributed by atoms with Crippen LogP contribution in [-0.4, -0.2) is 32.7 Å². The van der Waals surface area contributed by atoms with Gasteiger partial charge in [-0.3, -0.25) is 14.5 Å². The number of hydrogen-bond acceptors (Lipinski definition) is 5. The number of furan rings is 1. The zero-order chi connectivity index (χ0) is 15.6. The Bertz CT molecular complexity index is 613. The fraction of sp³-hybridized carbons (Fsp3) is 0.357. The average molecular weight is 325 g/mol. The van der Waals surface area contributed by atoms with E-state index in [0.717, 1.165) is 11.3 Å². The third-order valence-corrected chi connectivity index (χ3v) is 4.48. The van der Waals surface area contributed by atoms with Gasteiger partial charge in [0.05, 0.1) is 4.91 Å². The number of aryl methyl sites for hydroxylation is 2. The number of hydrogen-bond donors (Lipinski definition) is 1. The number of rotatable bonds is 5. The summed E-state index contributed by atoms with van der Waals surface area (Å²) in [6, 6.07) is 1.87. The molecule has 1 aromatic rings. The maximum atomic E-state index is 12.2. The molecule has 1 amide bonds. The second-order valence-electron chi connectivity index (χ2n) is 4.72. The fourth-order valence-electron chi connectivity index (χ4n) is 1.88. The molecule has 2 rings (SSSR count). The summed E-state index contributed by atoms with van der Waals surface area (Å²) in [5, 5.41) is 8.63. The van der Waals surface area contributed by atoms with E-state index in [-0.39, 0.29) is 12.3 Å².